The standard InChI is InChI=1S/C23H31N3O4/c1-6-8-16-21(27)20-22(26(13-7-2)23(16)28)24-19(25(20)3)12-10-15-9-11-17(29-4)18(14-15)30-5/h9-12,14,16,20,22H,6-8,13H2,1-5H3/b12-10+. The number of likely N-dealkylation sites (tertiary alicyclic amines) is 1. The fraction of sp³-hybridized carbons (Fsp3) is 0.522. The number of ether oxygens (including phenoxy) is 2. The van der Waals surface area contributed by atoms with E-state index in [0.29, 0.717) is 30.3 Å². The Morgan fingerprint density at radius 2 is 1.80 bits per heavy atom. The van der Waals surface area contributed by atoms with Crippen molar-refractivity contribution in [3.63, 3.8) is 0 Å². The molecule has 3 rings (SSSR count). The van der Waals surface area contributed by atoms with Gasteiger partial charge in [0.15, 0.2) is 23.4 Å². The van der Waals surface area contributed by atoms with Crippen LogP contribution in [-0.2, 0) is 9.59 Å². The predicted molar refractivity (Wildman–Crippen MR) is 117 cm³/mol. The van der Waals surface area contributed by atoms with E-state index in [1.54, 1.807) is 19.1 Å². The lowest BCUT2D eigenvalue weighted by molar-refractivity contribution is -0.152. The van der Waals surface area contributed by atoms with Crippen molar-refractivity contribution in [1.29, 1.82) is 0 Å². The summed E-state index contributed by atoms with van der Waals surface area (Å²) in [6.07, 6.45) is 5.58. The minimum atomic E-state index is -0.561. The van der Waals surface area contributed by atoms with E-state index in [9.17, 15) is 9.59 Å². The number of hydrogen-bond donors (Lipinski definition) is 0. The van der Waals surface area contributed by atoms with Crippen LogP contribution >= 0.6 is 0 Å². The number of aliphatic imine (C=N–C) groups is 1. The molecule has 0 aromatic heterocycles. The molecule has 1 saturated heterocycles. The Morgan fingerprint density at radius 1 is 1.07 bits per heavy atom. The number of Topliss-reactive ketones (excluding diaryl/α,β-unsaturated/α-hetero) is 1. The number of likely N-dealkylation sites (N-methyl/N-ethyl adjacent to an activating group) is 1. The Labute approximate surface area is 178 Å². The molecule has 0 radical (unpaired) electrons. The molecule has 2 aliphatic rings. The van der Waals surface area contributed by atoms with Gasteiger partial charge >= 0.3 is 0 Å². The van der Waals surface area contributed by atoms with E-state index < -0.39 is 18.1 Å². The zero-order valence-corrected chi connectivity index (χ0v) is 18.4. The summed E-state index contributed by atoms with van der Waals surface area (Å²) < 4.78 is 10.6. The van der Waals surface area contributed by atoms with Gasteiger partial charge in [-0.05, 0) is 36.6 Å². The van der Waals surface area contributed by atoms with Crippen molar-refractivity contribution in [2.45, 2.75) is 45.3 Å². The van der Waals surface area contributed by atoms with Gasteiger partial charge in [0.2, 0.25) is 5.91 Å². The zero-order valence-electron chi connectivity index (χ0n) is 18.4. The number of amidine groups is 1. The third kappa shape index (κ3) is 3.93. The number of benzene rings is 1. The number of rotatable bonds is 8. The van der Waals surface area contributed by atoms with Gasteiger partial charge in [-0.2, -0.15) is 0 Å². The smallest absolute Gasteiger partial charge is 0.235 e. The first-order valence-electron chi connectivity index (χ1n) is 10.5. The number of methoxy groups -OCH3 is 2. The molecule has 0 aliphatic carbocycles. The van der Waals surface area contributed by atoms with Crippen LogP contribution in [0.3, 0.4) is 0 Å². The van der Waals surface area contributed by atoms with E-state index in [0.717, 1.165) is 18.4 Å². The van der Waals surface area contributed by atoms with Crippen LogP contribution < -0.4 is 9.47 Å². The molecule has 162 valence electrons. The summed E-state index contributed by atoms with van der Waals surface area (Å²) in [4.78, 5) is 34.5. The number of carbonyl (C=O) groups is 2. The quantitative estimate of drug-likeness (QED) is 0.613. The van der Waals surface area contributed by atoms with Crippen molar-refractivity contribution in [3.05, 3.63) is 29.8 Å². The van der Waals surface area contributed by atoms with Gasteiger partial charge in [-0.15, -0.1) is 0 Å². The van der Waals surface area contributed by atoms with Gasteiger partial charge in [0.1, 0.15) is 11.9 Å². The average molecular weight is 414 g/mol. The van der Waals surface area contributed by atoms with Gasteiger partial charge in [0.05, 0.1) is 20.1 Å². The third-order valence-electron chi connectivity index (χ3n) is 5.74. The lowest BCUT2D eigenvalue weighted by Crippen LogP contribution is -2.61. The molecule has 30 heavy (non-hydrogen) atoms. The normalized spacial score (nSPS) is 23.8. The summed E-state index contributed by atoms with van der Waals surface area (Å²) in [6, 6.07) is 5.23. The molecule has 1 aromatic carbocycles. The number of fused-ring (bicyclic) bond motifs is 1. The first kappa shape index (κ1) is 21.9. The van der Waals surface area contributed by atoms with Crippen LogP contribution in [0.2, 0.25) is 0 Å². The van der Waals surface area contributed by atoms with Crippen molar-refractivity contribution in [1.82, 2.24) is 9.80 Å². The third-order valence-corrected chi connectivity index (χ3v) is 5.74. The molecule has 0 spiro atoms. The fourth-order valence-electron chi connectivity index (χ4n) is 4.20. The second kappa shape index (κ2) is 9.32. The van der Waals surface area contributed by atoms with Gasteiger partial charge in [-0.25, -0.2) is 4.99 Å². The summed E-state index contributed by atoms with van der Waals surface area (Å²) in [5.74, 6) is 1.35. The maximum Gasteiger partial charge on any atom is 0.235 e. The molecular weight excluding hydrogens is 382 g/mol. The van der Waals surface area contributed by atoms with E-state index in [1.807, 2.05) is 56.1 Å². The molecule has 7 nitrogen and oxygen atoms in total. The van der Waals surface area contributed by atoms with Crippen LogP contribution in [-0.4, -0.2) is 67.3 Å². The highest BCUT2D eigenvalue weighted by atomic mass is 16.5. The lowest BCUT2D eigenvalue weighted by Gasteiger charge is -2.40. The van der Waals surface area contributed by atoms with Crippen LogP contribution in [0.25, 0.3) is 6.08 Å². The van der Waals surface area contributed by atoms with Crippen LogP contribution in [0.15, 0.2) is 29.3 Å². The first-order valence-corrected chi connectivity index (χ1v) is 10.5. The maximum absolute atomic E-state index is 13.1. The molecule has 2 aliphatic heterocycles. The van der Waals surface area contributed by atoms with E-state index in [4.69, 9.17) is 14.5 Å². The largest absolute Gasteiger partial charge is 0.493 e. The van der Waals surface area contributed by atoms with Gasteiger partial charge in [-0.3, -0.25) is 9.59 Å². The van der Waals surface area contributed by atoms with Crippen LogP contribution in [0.1, 0.15) is 38.7 Å². The van der Waals surface area contributed by atoms with E-state index in [1.165, 1.54) is 0 Å². The molecular formula is C23H31N3O4. The summed E-state index contributed by atoms with van der Waals surface area (Å²) >= 11 is 0. The Morgan fingerprint density at radius 3 is 2.43 bits per heavy atom. The fourth-order valence-corrected chi connectivity index (χ4v) is 4.20. The van der Waals surface area contributed by atoms with E-state index in [-0.39, 0.29) is 11.7 Å². The van der Waals surface area contributed by atoms with Gasteiger partial charge in [-0.1, -0.05) is 32.4 Å². The van der Waals surface area contributed by atoms with Gasteiger partial charge in [0.25, 0.3) is 0 Å². The highest BCUT2D eigenvalue weighted by Crippen LogP contribution is 2.32. The van der Waals surface area contributed by atoms with Crippen LogP contribution in [0.5, 0.6) is 11.5 Å². The summed E-state index contributed by atoms with van der Waals surface area (Å²) in [7, 11) is 5.08. The minimum absolute atomic E-state index is 0.0139. The molecule has 0 N–H and O–H groups in total. The molecule has 1 fully saturated rings. The summed E-state index contributed by atoms with van der Waals surface area (Å²) in [5, 5.41) is 0. The van der Waals surface area contributed by atoms with Crippen molar-refractivity contribution < 1.29 is 19.1 Å². The number of hydrogen-bond acceptors (Lipinski definition) is 6. The maximum atomic E-state index is 13.1. The minimum Gasteiger partial charge on any atom is -0.493 e. The SMILES string of the molecule is CCCC1C(=O)C2C(N=C(/C=C/c3ccc(OC)c(OC)c3)N2C)N(CCC)C1=O. The monoisotopic (exact) mass is 413 g/mol. The molecule has 3 atom stereocenters. The van der Waals surface area contributed by atoms with Crippen molar-refractivity contribution in [3.8, 4) is 11.5 Å². The number of nitrogens with zero attached hydrogens (tertiary/aromatic N) is 3. The average Bonchev–Trinajstić information content (AvgIpc) is 3.08. The van der Waals surface area contributed by atoms with Gasteiger partial charge < -0.3 is 19.3 Å². The molecule has 1 amide bonds. The van der Waals surface area contributed by atoms with E-state index >= 15 is 0 Å². The predicted octanol–water partition coefficient (Wildman–Crippen LogP) is 2.99. The molecule has 7 heteroatoms. The van der Waals surface area contributed by atoms with Crippen molar-refractivity contribution in [2.75, 3.05) is 27.8 Å². The number of piperidine rings is 1. The highest BCUT2D eigenvalue weighted by Gasteiger charge is 2.51. The first-order chi connectivity index (χ1) is 14.5. The van der Waals surface area contributed by atoms with Crippen molar-refractivity contribution in [2.24, 2.45) is 10.9 Å². The molecule has 2 heterocycles. The van der Waals surface area contributed by atoms with E-state index in [2.05, 4.69) is 0 Å². The Balaban J connectivity index is 1.88. The number of carbonyl (C=O) groups excluding carboxylic acids is 2. The highest BCUT2D eigenvalue weighted by molar-refractivity contribution is 6.11. The van der Waals surface area contributed by atoms with Crippen LogP contribution in [0, 0.1) is 5.92 Å². The zero-order chi connectivity index (χ0) is 21.8. The molecule has 3 unspecified atom stereocenters. The molecule has 0 saturated carbocycles. The summed E-state index contributed by atoms with van der Waals surface area (Å²) in [5.41, 5.74) is 0.926. The Bertz CT molecular complexity index is 864. The van der Waals surface area contributed by atoms with Crippen LogP contribution in [0.4, 0.5) is 0 Å². The summed E-state index contributed by atoms with van der Waals surface area (Å²) in [6.45, 7) is 4.65. The topological polar surface area (TPSA) is 71.4 Å². The number of amides is 1. The van der Waals surface area contributed by atoms with Gasteiger partial charge in [0, 0.05) is 13.6 Å². The second-order valence-corrected chi connectivity index (χ2v) is 7.68. The number of ketones is 1. The molecule has 0 bridgehead atoms. The Kier molecular flexibility index (Phi) is 6.80. The van der Waals surface area contributed by atoms with Crippen molar-refractivity contribution >= 4 is 23.6 Å². The lowest BCUT2D eigenvalue weighted by atomic mass is 9.86. The second-order valence-electron chi connectivity index (χ2n) is 7.68. The Hall–Kier alpha value is -2.83. The molecule has 1 aromatic rings.